The van der Waals surface area contributed by atoms with Gasteiger partial charge in [0.05, 0.1) is 25.0 Å². The third-order valence-electron chi connectivity index (χ3n) is 4.44. The molecule has 0 amide bonds. The van der Waals surface area contributed by atoms with Crippen LogP contribution in [0.2, 0.25) is 0 Å². The van der Waals surface area contributed by atoms with E-state index in [9.17, 15) is 0 Å². The predicted molar refractivity (Wildman–Crippen MR) is 102 cm³/mol. The van der Waals surface area contributed by atoms with Crippen molar-refractivity contribution in [3.63, 3.8) is 0 Å². The second kappa shape index (κ2) is 7.41. The lowest BCUT2D eigenvalue weighted by atomic mass is 10.1. The van der Waals surface area contributed by atoms with Crippen LogP contribution in [0.25, 0.3) is 22.5 Å². The Morgan fingerprint density at radius 1 is 0.926 bits per heavy atom. The van der Waals surface area contributed by atoms with Crippen LogP contribution in [0.5, 0.6) is 5.88 Å². The summed E-state index contributed by atoms with van der Waals surface area (Å²) in [6.45, 7) is 3.63. The maximum atomic E-state index is 5.19. The van der Waals surface area contributed by atoms with Crippen LogP contribution in [0.15, 0.2) is 61.3 Å². The maximum Gasteiger partial charge on any atom is 0.216 e. The molecule has 0 atom stereocenters. The fourth-order valence-corrected chi connectivity index (χ4v) is 2.94. The largest absolute Gasteiger partial charge is 0.481 e. The van der Waals surface area contributed by atoms with Crippen molar-refractivity contribution in [3.8, 4) is 28.4 Å². The van der Waals surface area contributed by atoms with Gasteiger partial charge in [-0.25, -0.2) is 15.0 Å². The van der Waals surface area contributed by atoms with Gasteiger partial charge in [0.25, 0.3) is 0 Å². The van der Waals surface area contributed by atoms with E-state index in [4.69, 9.17) is 9.84 Å². The van der Waals surface area contributed by atoms with E-state index in [2.05, 4.69) is 31.7 Å². The minimum atomic E-state index is 0.546. The molecule has 4 rings (SSSR count). The van der Waals surface area contributed by atoms with Crippen molar-refractivity contribution in [2.45, 2.75) is 20.0 Å². The summed E-state index contributed by atoms with van der Waals surface area (Å²) >= 11 is 0. The molecule has 0 N–H and O–H groups in total. The normalized spacial score (nSPS) is 10.9. The van der Waals surface area contributed by atoms with E-state index < -0.39 is 0 Å². The molecule has 0 spiro atoms. The molecule has 0 fully saturated rings. The molecule has 0 aliphatic heterocycles. The molecule has 0 unspecified atom stereocenters. The summed E-state index contributed by atoms with van der Waals surface area (Å²) in [5.74, 6) is 1.56. The lowest BCUT2D eigenvalue weighted by Gasteiger charge is -2.06. The number of aryl methyl sites for hydroxylation is 3. The van der Waals surface area contributed by atoms with Crippen LogP contribution in [0.4, 0.5) is 0 Å². The summed E-state index contributed by atoms with van der Waals surface area (Å²) in [6, 6.07) is 12.0. The van der Waals surface area contributed by atoms with Crippen molar-refractivity contribution in [1.82, 2.24) is 29.3 Å². The number of methoxy groups -OCH3 is 1. The van der Waals surface area contributed by atoms with E-state index in [0.717, 1.165) is 41.4 Å². The Hall–Kier alpha value is -3.48. The summed E-state index contributed by atoms with van der Waals surface area (Å²) in [7, 11) is 1.60. The molecule has 1 aromatic carbocycles. The number of benzene rings is 1. The Bertz CT molecular complexity index is 1050. The molecule has 0 bridgehead atoms. The standard InChI is InChI=1S/C20H20N6O/c1-15-21-7-9-25(15)10-11-26-8-6-18(24-26)16-4-3-5-17(12-16)19-13-20(27-2)23-14-22-19/h3-9,12-14H,10-11H2,1-2H3. The smallest absolute Gasteiger partial charge is 0.216 e. The molecule has 0 aliphatic carbocycles. The second-order valence-corrected chi connectivity index (χ2v) is 6.16. The Morgan fingerprint density at radius 2 is 1.78 bits per heavy atom. The minimum Gasteiger partial charge on any atom is -0.481 e. The number of hydrogen-bond acceptors (Lipinski definition) is 5. The van der Waals surface area contributed by atoms with Gasteiger partial charge in [0, 0.05) is 42.3 Å². The average Bonchev–Trinajstić information content (AvgIpc) is 3.35. The number of imidazole rings is 1. The van der Waals surface area contributed by atoms with Gasteiger partial charge >= 0.3 is 0 Å². The van der Waals surface area contributed by atoms with Gasteiger partial charge in [-0.2, -0.15) is 5.10 Å². The predicted octanol–water partition coefficient (Wildman–Crippen LogP) is 3.22. The molecule has 0 aliphatic rings. The first-order chi connectivity index (χ1) is 13.2. The van der Waals surface area contributed by atoms with Gasteiger partial charge < -0.3 is 9.30 Å². The molecule has 0 saturated carbocycles. The van der Waals surface area contributed by atoms with Gasteiger partial charge in [-0.1, -0.05) is 18.2 Å². The minimum absolute atomic E-state index is 0.546. The number of rotatable bonds is 6. The van der Waals surface area contributed by atoms with E-state index in [1.54, 1.807) is 7.11 Å². The lowest BCUT2D eigenvalue weighted by Crippen LogP contribution is -2.08. The first-order valence-electron chi connectivity index (χ1n) is 8.71. The van der Waals surface area contributed by atoms with Gasteiger partial charge in [-0.05, 0) is 19.1 Å². The highest BCUT2D eigenvalue weighted by atomic mass is 16.5. The van der Waals surface area contributed by atoms with Crippen molar-refractivity contribution in [3.05, 3.63) is 67.1 Å². The van der Waals surface area contributed by atoms with Crippen molar-refractivity contribution in [2.24, 2.45) is 0 Å². The van der Waals surface area contributed by atoms with E-state index in [1.807, 2.05) is 54.5 Å². The zero-order valence-corrected chi connectivity index (χ0v) is 15.3. The van der Waals surface area contributed by atoms with Crippen LogP contribution in [0, 0.1) is 6.92 Å². The molecule has 27 heavy (non-hydrogen) atoms. The molecule has 0 saturated heterocycles. The van der Waals surface area contributed by atoms with Crippen LogP contribution >= 0.6 is 0 Å². The summed E-state index contributed by atoms with van der Waals surface area (Å²) in [6.07, 6.45) is 7.31. The van der Waals surface area contributed by atoms with Crippen molar-refractivity contribution in [2.75, 3.05) is 7.11 Å². The highest BCUT2D eigenvalue weighted by Crippen LogP contribution is 2.25. The molecule has 3 heterocycles. The SMILES string of the molecule is COc1cc(-c2cccc(-c3ccn(CCn4ccnc4C)n3)c2)ncn1. The number of aromatic nitrogens is 6. The van der Waals surface area contributed by atoms with Gasteiger partial charge in [-0.3, -0.25) is 4.68 Å². The summed E-state index contributed by atoms with van der Waals surface area (Å²) in [5, 5.41) is 4.70. The summed E-state index contributed by atoms with van der Waals surface area (Å²) < 4.78 is 9.26. The molecule has 4 aromatic rings. The maximum absolute atomic E-state index is 5.19. The first kappa shape index (κ1) is 17.0. The van der Waals surface area contributed by atoms with Crippen LogP contribution in [-0.2, 0) is 13.1 Å². The topological polar surface area (TPSA) is 70.7 Å². The Kier molecular flexibility index (Phi) is 4.65. The fourth-order valence-electron chi connectivity index (χ4n) is 2.94. The van der Waals surface area contributed by atoms with Crippen LogP contribution < -0.4 is 4.74 Å². The van der Waals surface area contributed by atoms with Crippen LogP contribution in [0.3, 0.4) is 0 Å². The highest BCUT2D eigenvalue weighted by molar-refractivity contribution is 5.69. The molecular weight excluding hydrogens is 340 g/mol. The molecular formula is C20H20N6O. The first-order valence-corrected chi connectivity index (χ1v) is 8.71. The fraction of sp³-hybridized carbons (Fsp3) is 0.200. The molecule has 3 aromatic heterocycles. The monoisotopic (exact) mass is 360 g/mol. The van der Waals surface area contributed by atoms with Gasteiger partial charge in [0.1, 0.15) is 12.2 Å². The van der Waals surface area contributed by atoms with Gasteiger partial charge in [0.2, 0.25) is 5.88 Å². The molecule has 7 heteroatoms. The van der Waals surface area contributed by atoms with Crippen molar-refractivity contribution >= 4 is 0 Å². The highest BCUT2D eigenvalue weighted by Gasteiger charge is 2.07. The molecule has 7 nitrogen and oxygen atoms in total. The Labute approximate surface area is 157 Å². The number of hydrogen-bond donors (Lipinski definition) is 0. The lowest BCUT2D eigenvalue weighted by molar-refractivity contribution is 0.397. The third kappa shape index (κ3) is 3.72. The van der Waals surface area contributed by atoms with E-state index >= 15 is 0 Å². The van der Waals surface area contributed by atoms with E-state index in [0.29, 0.717) is 5.88 Å². The van der Waals surface area contributed by atoms with Crippen molar-refractivity contribution < 1.29 is 4.74 Å². The summed E-state index contributed by atoms with van der Waals surface area (Å²) in [5.41, 5.74) is 3.79. The Balaban J connectivity index is 1.54. The second-order valence-electron chi connectivity index (χ2n) is 6.16. The zero-order chi connectivity index (χ0) is 18.6. The van der Waals surface area contributed by atoms with E-state index in [-0.39, 0.29) is 0 Å². The molecule has 0 radical (unpaired) electrons. The van der Waals surface area contributed by atoms with Gasteiger partial charge in [0.15, 0.2) is 0 Å². The quantitative estimate of drug-likeness (QED) is 0.528. The number of nitrogens with zero attached hydrogens (tertiary/aromatic N) is 6. The summed E-state index contributed by atoms with van der Waals surface area (Å²) in [4.78, 5) is 12.6. The van der Waals surface area contributed by atoms with Gasteiger partial charge in [-0.15, -0.1) is 0 Å². The molecule has 136 valence electrons. The van der Waals surface area contributed by atoms with E-state index in [1.165, 1.54) is 6.33 Å². The number of ether oxygens (including phenoxy) is 1. The zero-order valence-electron chi connectivity index (χ0n) is 15.3. The van der Waals surface area contributed by atoms with Crippen LogP contribution in [-0.4, -0.2) is 36.4 Å². The van der Waals surface area contributed by atoms with Crippen molar-refractivity contribution in [1.29, 1.82) is 0 Å². The van der Waals surface area contributed by atoms with Crippen LogP contribution in [0.1, 0.15) is 5.82 Å². The average molecular weight is 360 g/mol. The Morgan fingerprint density at radius 3 is 2.56 bits per heavy atom. The third-order valence-corrected chi connectivity index (χ3v) is 4.44.